The zero-order valence-electron chi connectivity index (χ0n) is 13.3. The third kappa shape index (κ3) is 2.13. The molecular weight excluding hydrogens is 341 g/mol. The number of hydrogen-bond acceptors (Lipinski definition) is 6. The molecule has 0 unspecified atom stereocenters. The number of H-pyrrole nitrogens is 1. The molecule has 0 saturated carbocycles. The van der Waals surface area contributed by atoms with Gasteiger partial charge in [-0.25, -0.2) is 9.37 Å². The minimum atomic E-state index is -0.615. The second-order valence-corrected chi connectivity index (χ2v) is 5.97. The third-order valence-corrected chi connectivity index (χ3v) is 4.51. The van der Waals surface area contributed by atoms with Gasteiger partial charge >= 0.3 is 11.8 Å². The van der Waals surface area contributed by atoms with Crippen LogP contribution in [-0.2, 0) is 6.42 Å². The van der Waals surface area contributed by atoms with Crippen molar-refractivity contribution < 1.29 is 18.0 Å². The first-order valence-corrected chi connectivity index (χ1v) is 7.99. The molecule has 0 radical (unpaired) electrons. The van der Waals surface area contributed by atoms with Crippen LogP contribution in [0.5, 0.6) is 0 Å². The Labute approximate surface area is 145 Å². The molecule has 3 aromatic heterocycles. The Balaban J connectivity index is 1.66. The van der Waals surface area contributed by atoms with Crippen molar-refractivity contribution in [2.75, 3.05) is 6.54 Å². The molecule has 1 N–H and O–H groups in total. The van der Waals surface area contributed by atoms with E-state index in [0.29, 0.717) is 29.8 Å². The molecule has 1 aromatic carbocycles. The van der Waals surface area contributed by atoms with Crippen LogP contribution in [-0.4, -0.2) is 37.5 Å². The SMILES string of the molecule is O=C(c1nnco1)N1CCc2[nH]cnc2[C@H]1c1cc2cccc(F)c2o1. The summed E-state index contributed by atoms with van der Waals surface area (Å²) in [5.41, 5.74) is 1.71. The number of carbonyl (C=O) groups is 1. The number of aromatic amines is 1. The number of nitrogens with zero attached hydrogens (tertiary/aromatic N) is 4. The van der Waals surface area contributed by atoms with E-state index in [2.05, 4.69) is 20.2 Å². The Morgan fingerprint density at radius 3 is 3.12 bits per heavy atom. The van der Waals surface area contributed by atoms with E-state index in [4.69, 9.17) is 8.83 Å². The summed E-state index contributed by atoms with van der Waals surface area (Å²) in [7, 11) is 0. The van der Waals surface area contributed by atoms with Gasteiger partial charge in [-0.1, -0.05) is 12.1 Å². The summed E-state index contributed by atoms with van der Waals surface area (Å²) in [5.74, 6) is -0.578. The van der Waals surface area contributed by atoms with Crippen LogP contribution in [0.15, 0.2) is 45.8 Å². The highest BCUT2D eigenvalue weighted by molar-refractivity contribution is 5.90. The fraction of sp³-hybridized carbons (Fsp3) is 0.176. The third-order valence-electron chi connectivity index (χ3n) is 4.51. The van der Waals surface area contributed by atoms with E-state index in [9.17, 15) is 9.18 Å². The summed E-state index contributed by atoms with van der Waals surface area (Å²) in [6.07, 6.45) is 3.27. The Morgan fingerprint density at radius 2 is 2.31 bits per heavy atom. The summed E-state index contributed by atoms with van der Waals surface area (Å²) in [6, 6.07) is 5.80. The number of nitrogens with one attached hydrogen (secondary N) is 1. The molecule has 1 amide bonds. The fourth-order valence-electron chi connectivity index (χ4n) is 3.35. The number of furan rings is 1. The molecule has 0 fully saturated rings. The van der Waals surface area contributed by atoms with Crippen molar-refractivity contribution >= 4 is 16.9 Å². The van der Waals surface area contributed by atoms with Gasteiger partial charge in [0.25, 0.3) is 0 Å². The number of benzene rings is 1. The van der Waals surface area contributed by atoms with Crippen molar-refractivity contribution in [2.24, 2.45) is 0 Å². The molecule has 8 nitrogen and oxygen atoms in total. The highest BCUT2D eigenvalue weighted by Gasteiger charge is 2.38. The Hall–Kier alpha value is -3.49. The standard InChI is InChI=1S/C17H12FN5O3/c18-10-3-1-2-9-6-12(26-15(9)10)14-13-11(19-7-20-13)4-5-23(14)17(24)16-22-21-8-25-16/h1-3,6-8,14H,4-5H2,(H,19,20)/t14-/m1/s1. The van der Waals surface area contributed by atoms with E-state index in [0.717, 1.165) is 12.1 Å². The maximum absolute atomic E-state index is 14.1. The predicted molar refractivity (Wildman–Crippen MR) is 85.6 cm³/mol. The highest BCUT2D eigenvalue weighted by Crippen LogP contribution is 2.37. The van der Waals surface area contributed by atoms with Gasteiger partial charge in [0, 0.05) is 24.0 Å². The lowest BCUT2D eigenvalue weighted by molar-refractivity contribution is 0.0631. The van der Waals surface area contributed by atoms with Gasteiger partial charge in [0.05, 0.1) is 12.0 Å². The minimum Gasteiger partial charge on any atom is -0.455 e. The second-order valence-electron chi connectivity index (χ2n) is 5.97. The second kappa shape index (κ2) is 5.51. The van der Waals surface area contributed by atoms with Crippen LogP contribution in [0.4, 0.5) is 4.39 Å². The highest BCUT2D eigenvalue weighted by atomic mass is 19.1. The number of para-hydroxylation sites is 1. The molecule has 26 heavy (non-hydrogen) atoms. The topological polar surface area (TPSA) is 101 Å². The van der Waals surface area contributed by atoms with Crippen molar-refractivity contribution in [3.63, 3.8) is 0 Å². The lowest BCUT2D eigenvalue weighted by Gasteiger charge is -2.32. The molecule has 1 atom stereocenters. The van der Waals surface area contributed by atoms with Crippen LogP contribution in [0.25, 0.3) is 11.0 Å². The monoisotopic (exact) mass is 353 g/mol. The predicted octanol–water partition coefficient (Wildman–Crippen LogP) is 2.47. The molecule has 0 aliphatic carbocycles. The summed E-state index contributed by atoms with van der Waals surface area (Å²) < 4.78 is 24.9. The first kappa shape index (κ1) is 14.8. The number of carbonyl (C=O) groups excluding carboxylic acids is 1. The number of rotatable bonds is 2. The first-order valence-electron chi connectivity index (χ1n) is 7.99. The van der Waals surface area contributed by atoms with Crippen molar-refractivity contribution in [2.45, 2.75) is 12.5 Å². The normalized spacial score (nSPS) is 16.8. The zero-order valence-corrected chi connectivity index (χ0v) is 13.3. The van der Waals surface area contributed by atoms with Crippen molar-refractivity contribution in [1.29, 1.82) is 0 Å². The van der Waals surface area contributed by atoms with Gasteiger partial charge < -0.3 is 18.7 Å². The molecule has 0 bridgehead atoms. The lowest BCUT2D eigenvalue weighted by Crippen LogP contribution is -2.40. The van der Waals surface area contributed by atoms with Gasteiger partial charge in [0.1, 0.15) is 11.8 Å². The van der Waals surface area contributed by atoms with Gasteiger partial charge in [-0.2, -0.15) is 0 Å². The van der Waals surface area contributed by atoms with Crippen LogP contribution >= 0.6 is 0 Å². The Morgan fingerprint density at radius 1 is 1.38 bits per heavy atom. The Bertz CT molecular complexity index is 1100. The Kier molecular flexibility index (Phi) is 3.14. The van der Waals surface area contributed by atoms with E-state index in [1.54, 1.807) is 29.4 Å². The molecule has 1 aliphatic heterocycles. The number of halogens is 1. The fourth-order valence-corrected chi connectivity index (χ4v) is 3.35. The quantitative estimate of drug-likeness (QED) is 0.594. The van der Waals surface area contributed by atoms with Gasteiger partial charge in [0.2, 0.25) is 6.39 Å². The number of fused-ring (bicyclic) bond motifs is 2. The molecular formula is C17H12FN5O3. The van der Waals surface area contributed by atoms with E-state index in [1.807, 2.05) is 0 Å². The van der Waals surface area contributed by atoms with Crippen molar-refractivity contribution in [1.82, 2.24) is 25.1 Å². The number of amides is 1. The zero-order chi connectivity index (χ0) is 17.7. The van der Waals surface area contributed by atoms with E-state index in [-0.39, 0.29) is 11.5 Å². The molecule has 0 saturated heterocycles. The molecule has 0 spiro atoms. The summed E-state index contributed by atoms with van der Waals surface area (Å²) in [4.78, 5) is 21.8. The minimum absolute atomic E-state index is 0.115. The average molecular weight is 353 g/mol. The van der Waals surface area contributed by atoms with Crippen LogP contribution in [0, 0.1) is 5.82 Å². The molecule has 130 valence electrons. The van der Waals surface area contributed by atoms with Gasteiger partial charge in [-0.15, -0.1) is 10.2 Å². The molecule has 9 heteroatoms. The molecule has 1 aliphatic rings. The van der Waals surface area contributed by atoms with Crippen LogP contribution in [0.2, 0.25) is 0 Å². The van der Waals surface area contributed by atoms with E-state index < -0.39 is 17.8 Å². The van der Waals surface area contributed by atoms with Gasteiger partial charge in [-0.3, -0.25) is 4.79 Å². The smallest absolute Gasteiger partial charge is 0.312 e. The first-order chi connectivity index (χ1) is 12.7. The number of imidazole rings is 1. The summed E-state index contributed by atoms with van der Waals surface area (Å²) in [5, 5.41) is 7.87. The summed E-state index contributed by atoms with van der Waals surface area (Å²) >= 11 is 0. The van der Waals surface area contributed by atoms with Crippen LogP contribution in [0.3, 0.4) is 0 Å². The number of aromatic nitrogens is 4. The van der Waals surface area contributed by atoms with Gasteiger partial charge in [-0.05, 0) is 12.1 Å². The van der Waals surface area contributed by atoms with E-state index in [1.165, 1.54) is 6.07 Å². The molecule has 5 rings (SSSR count). The molecule has 4 heterocycles. The molecule has 4 aromatic rings. The summed E-state index contributed by atoms with van der Waals surface area (Å²) in [6.45, 7) is 0.403. The average Bonchev–Trinajstić information content (AvgIpc) is 3.39. The van der Waals surface area contributed by atoms with Crippen LogP contribution in [0.1, 0.15) is 33.9 Å². The maximum Gasteiger partial charge on any atom is 0.312 e. The maximum atomic E-state index is 14.1. The van der Waals surface area contributed by atoms with E-state index >= 15 is 0 Å². The number of hydrogen-bond donors (Lipinski definition) is 1. The van der Waals surface area contributed by atoms with Crippen LogP contribution < -0.4 is 0 Å². The van der Waals surface area contributed by atoms with Crippen molar-refractivity contribution in [3.05, 3.63) is 65.8 Å². The largest absolute Gasteiger partial charge is 0.455 e. The lowest BCUT2D eigenvalue weighted by atomic mass is 10.00. The van der Waals surface area contributed by atoms with Crippen molar-refractivity contribution in [3.8, 4) is 0 Å². The van der Waals surface area contributed by atoms with Gasteiger partial charge in [0.15, 0.2) is 11.4 Å².